The fourth-order valence-electron chi connectivity index (χ4n) is 1.69. The van der Waals surface area contributed by atoms with Gasteiger partial charge in [0.05, 0.1) is 12.8 Å². The molecule has 0 fully saturated rings. The van der Waals surface area contributed by atoms with Crippen LogP contribution in [0.25, 0.3) is 0 Å². The third kappa shape index (κ3) is 3.28. The molecule has 0 bridgehead atoms. The van der Waals surface area contributed by atoms with Gasteiger partial charge < -0.3 is 10.1 Å². The molecule has 1 atom stereocenters. The molecule has 0 unspecified atom stereocenters. The highest BCUT2D eigenvalue weighted by atomic mass is 16.5. The molecule has 1 heterocycles. The van der Waals surface area contributed by atoms with Crippen LogP contribution in [0.3, 0.4) is 0 Å². The standard InChI is InChI=1S/C14H17N3O/c1-11(12-3-5-14(18-2)6-4-12)16-9-13-7-8-15-10-17-13/h3-8,10-11,16H,9H2,1-2H3/t11-/m1/s1. The topological polar surface area (TPSA) is 47.0 Å². The van der Waals surface area contributed by atoms with Crippen molar-refractivity contribution in [3.05, 3.63) is 54.1 Å². The molecule has 94 valence electrons. The molecule has 0 saturated carbocycles. The maximum Gasteiger partial charge on any atom is 0.118 e. The predicted octanol–water partition coefficient (Wildman–Crippen LogP) is 2.34. The first-order chi connectivity index (χ1) is 8.79. The van der Waals surface area contributed by atoms with Crippen LogP contribution in [0.1, 0.15) is 24.2 Å². The summed E-state index contributed by atoms with van der Waals surface area (Å²) in [6.45, 7) is 2.86. The third-order valence-corrected chi connectivity index (χ3v) is 2.85. The lowest BCUT2D eigenvalue weighted by molar-refractivity contribution is 0.414. The van der Waals surface area contributed by atoms with Crippen LogP contribution in [0.4, 0.5) is 0 Å². The molecule has 0 amide bonds. The maximum atomic E-state index is 5.14. The van der Waals surface area contributed by atoms with Crippen LogP contribution in [-0.4, -0.2) is 17.1 Å². The van der Waals surface area contributed by atoms with E-state index in [0.29, 0.717) is 0 Å². The lowest BCUT2D eigenvalue weighted by Gasteiger charge is -2.14. The van der Waals surface area contributed by atoms with Crippen LogP contribution in [0.15, 0.2) is 42.9 Å². The first-order valence-electron chi connectivity index (χ1n) is 5.92. The quantitative estimate of drug-likeness (QED) is 0.875. The second-order valence-electron chi connectivity index (χ2n) is 4.08. The molecule has 18 heavy (non-hydrogen) atoms. The molecule has 1 aromatic carbocycles. The highest BCUT2D eigenvalue weighted by Gasteiger charge is 2.05. The second-order valence-corrected chi connectivity index (χ2v) is 4.08. The third-order valence-electron chi connectivity index (χ3n) is 2.85. The first kappa shape index (κ1) is 12.5. The molecule has 0 aliphatic heterocycles. The van der Waals surface area contributed by atoms with Gasteiger partial charge in [-0.2, -0.15) is 0 Å². The van der Waals surface area contributed by atoms with Gasteiger partial charge in [-0.05, 0) is 30.7 Å². The zero-order chi connectivity index (χ0) is 12.8. The summed E-state index contributed by atoms with van der Waals surface area (Å²) in [5.41, 5.74) is 2.22. The Morgan fingerprint density at radius 3 is 2.61 bits per heavy atom. The Kier molecular flexibility index (Phi) is 4.25. The van der Waals surface area contributed by atoms with E-state index in [2.05, 4.69) is 34.3 Å². The monoisotopic (exact) mass is 243 g/mol. The molecule has 4 heteroatoms. The highest BCUT2D eigenvalue weighted by molar-refractivity contribution is 5.28. The van der Waals surface area contributed by atoms with E-state index in [0.717, 1.165) is 18.0 Å². The minimum atomic E-state index is 0.269. The van der Waals surface area contributed by atoms with Gasteiger partial charge in [0.1, 0.15) is 12.1 Å². The Hall–Kier alpha value is -1.94. The highest BCUT2D eigenvalue weighted by Crippen LogP contribution is 2.17. The van der Waals surface area contributed by atoms with Crippen molar-refractivity contribution in [2.75, 3.05) is 7.11 Å². The number of benzene rings is 1. The normalized spacial score (nSPS) is 12.1. The molecule has 0 saturated heterocycles. The van der Waals surface area contributed by atoms with Crippen LogP contribution < -0.4 is 10.1 Å². The van der Waals surface area contributed by atoms with E-state index in [-0.39, 0.29) is 6.04 Å². The summed E-state index contributed by atoms with van der Waals surface area (Å²) in [5.74, 6) is 0.877. The van der Waals surface area contributed by atoms with E-state index in [1.54, 1.807) is 19.6 Å². The van der Waals surface area contributed by atoms with E-state index in [1.165, 1.54) is 5.56 Å². The van der Waals surface area contributed by atoms with Gasteiger partial charge in [0.2, 0.25) is 0 Å². The number of hydrogen-bond donors (Lipinski definition) is 1. The molecular formula is C14H17N3O. The van der Waals surface area contributed by atoms with E-state index < -0.39 is 0 Å². The molecule has 0 radical (unpaired) electrons. The Morgan fingerprint density at radius 1 is 1.22 bits per heavy atom. The smallest absolute Gasteiger partial charge is 0.118 e. The average Bonchev–Trinajstić information content (AvgIpc) is 2.46. The Morgan fingerprint density at radius 2 is 2.00 bits per heavy atom. The minimum Gasteiger partial charge on any atom is -0.497 e. The van der Waals surface area contributed by atoms with Gasteiger partial charge >= 0.3 is 0 Å². The number of methoxy groups -OCH3 is 1. The molecule has 0 spiro atoms. The second kappa shape index (κ2) is 6.12. The minimum absolute atomic E-state index is 0.269. The van der Waals surface area contributed by atoms with Gasteiger partial charge in [0, 0.05) is 18.8 Å². The van der Waals surface area contributed by atoms with Gasteiger partial charge in [0.15, 0.2) is 0 Å². The number of aromatic nitrogens is 2. The van der Waals surface area contributed by atoms with Crippen molar-refractivity contribution < 1.29 is 4.74 Å². The summed E-state index contributed by atoms with van der Waals surface area (Å²) in [7, 11) is 1.67. The van der Waals surface area contributed by atoms with Gasteiger partial charge in [-0.1, -0.05) is 12.1 Å². The SMILES string of the molecule is COc1ccc([C@@H](C)NCc2ccncn2)cc1. The summed E-state index contributed by atoms with van der Waals surface area (Å²) in [5, 5.41) is 3.42. The number of hydrogen-bond acceptors (Lipinski definition) is 4. The molecule has 2 rings (SSSR count). The molecule has 4 nitrogen and oxygen atoms in total. The largest absolute Gasteiger partial charge is 0.497 e. The van der Waals surface area contributed by atoms with E-state index in [4.69, 9.17) is 4.74 Å². The van der Waals surface area contributed by atoms with Crippen LogP contribution in [0.5, 0.6) is 5.75 Å². The van der Waals surface area contributed by atoms with Crippen molar-refractivity contribution in [1.82, 2.24) is 15.3 Å². The van der Waals surface area contributed by atoms with Gasteiger partial charge in [0.25, 0.3) is 0 Å². The zero-order valence-electron chi connectivity index (χ0n) is 10.6. The molecular weight excluding hydrogens is 226 g/mol. The summed E-state index contributed by atoms with van der Waals surface area (Å²) >= 11 is 0. The number of rotatable bonds is 5. The molecule has 0 aliphatic carbocycles. The number of ether oxygens (including phenoxy) is 1. The van der Waals surface area contributed by atoms with Crippen LogP contribution in [-0.2, 0) is 6.54 Å². The fraction of sp³-hybridized carbons (Fsp3) is 0.286. The summed E-state index contributed by atoms with van der Waals surface area (Å²) in [6, 6.07) is 10.3. The Bertz CT molecular complexity index is 470. The lowest BCUT2D eigenvalue weighted by atomic mass is 10.1. The Balaban J connectivity index is 1.93. The number of nitrogens with zero attached hydrogens (tertiary/aromatic N) is 2. The van der Waals surface area contributed by atoms with Crippen LogP contribution >= 0.6 is 0 Å². The lowest BCUT2D eigenvalue weighted by Crippen LogP contribution is -2.18. The van der Waals surface area contributed by atoms with E-state index >= 15 is 0 Å². The fourth-order valence-corrected chi connectivity index (χ4v) is 1.69. The van der Waals surface area contributed by atoms with Crippen molar-refractivity contribution in [3.63, 3.8) is 0 Å². The first-order valence-corrected chi connectivity index (χ1v) is 5.92. The van der Waals surface area contributed by atoms with Crippen LogP contribution in [0.2, 0.25) is 0 Å². The Labute approximate surface area is 107 Å². The summed E-state index contributed by atoms with van der Waals surface area (Å²) < 4.78 is 5.14. The maximum absolute atomic E-state index is 5.14. The van der Waals surface area contributed by atoms with Crippen molar-refractivity contribution >= 4 is 0 Å². The molecule has 1 aromatic heterocycles. The van der Waals surface area contributed by atoms with Crippen molar-refractivity contribution in [3.8, 4) is 5.75 Å². The molecule has 0 aliphatic rings. The summed E-state index contributed by atoms with van der Waals surface area (Å²) in [6.07, 6.45) is 3.32. The zero-order valence-corrected chi connectivity index (χ0v) is 10.6. The van der Waals surface area contributed by atoms with E-state index in [1.807, 2.05) is 18.2 Å². The molecule has 2 aromatic rings. The van der Waals surface area contributed by atoms with Crippen molar-refractivity contribution in [2.24, 2.45) is 0 Å². The average molecular weight is 243 g/mol. The summed E-state index contributed by atoms with van der Waals surface area (Å²) in [4.78, 5) is 8.08. The van der Waals surface area contributed by atoms with Crippen LogP contribution in [0, 0.1) is 0 Å². The van der Waals surface area contributed by atoms with E-state index in [9.17, 15) is 0 Å². The van der Waals surface area contributed by atoms with Crippen molar-refractivity contribution in [1.29, 1.82) is 0 Å². The van der Waals surface area contributed by atoms with Gasteiger partial charge in [-0.15, -0.1) is 0 Å². The molecule has 1 N–H and O–H groups in total. The predicted molar refractivity (Wildman–Crippen MR) is 70.3 cm³/mol. The number of nitrogens with one attached hydrogen (secondary N) is 1. The van der Waals surface area contributed by atoms with Gasteiger partial charge in [-0.25, -0.2) is 9.97 Å². The van der Waals surface area contributed by atoms with Crippen molar-refractivity contribution in [2.45, 2.75) is 19.5 Å². The van der Waals surface area contributed by atoms with Gasteiger partial charge in [-0.3, -0.25) is 0 Å².